The van der Waals surface area contributed by atoms with E-state index in [0.29, 0.717) is 57.4 Å². The summed E-state index contributed by atoms with van der Waals surface area (Å²) in [5.74, 6) is 0.845. The van der Waals surface area contributed by atoms with Crippen molar-refractivity contribution in [1.82, 2.24) is 35.1 Å². The van der Waals surface area contributed by atoms with Gasteiger partial charge in [-0.05, 0) is 18.2 Å². The van der Waals surface area contributed by atoms with Crippen molar-refractivity contribution in [3.63, 3.8) is 0 Å². The molecule has 3 aromatic rings. The summed E-state index contributed by atoms with van der Waals surface area (Å²) in [6.07, 6.45) is 2.94. The van der Waals surface area contributed by atoms with Gasteiger partial charge in [0.25, 0.3) is 5.91 Å². The smallest absolute Gasteiger partial charge is 0.274 e. The van der Waals surface area contributed by atoms with Crippen LogP contribution in [0.2, 0.25) is 0 Å². The SMILES string of the molecule is O=C1N[C@H]2CN(C(=O)CN3CCOc4ccccc4C3)C[C@@H]2OCc2cn(nn2)CCOc2cccnc21. The maximum Gasteiger partial charge on any atom is 0.274 e. The molecule has 2 amide bonds. The number of aromatic nitrogens is 4. The second kappa shape index (κ2) is 10.8. The van der Waals surface area contributed by atoms with E-state index in [4.69, 9.17) is 14.2 Å². The van der Waals surface area contributed by atoms with E-state index in [9.17, 15) is 9.59 Å². The molecule has 0 radical (unpaired) electrons. The standard InChI is InChI=1S/C26H29N7O5/c34-24(16-31-8-10-36-21-5-2-1-4-18(21)12-31)32-14-20-23(15-32)38-17-19-13-33(30-29-19)9-11-37-22-6-3-7-27-25(22)26(35)28-20/h1-7,13,20,23H,8-12,14-17H2,(H,28,35)/t20-,23-/m0/s1. The minimum absolute atomic E-state index is 0.0274. The number of para-hydroxylation sites is 1. The number of hydrogen-bond acceptors (Lipinski definition) is 9. The quantitative estimate of drug-likeness (QED) is 0.515. The molecule has 1 aromatic carbocycles. The van der Waals surface area contributed by atoms with Gasteiger partial charge < -0.3 is 24.4 Å². The maximum absolute atomic E-state index is 13.4. The lowest BCUT2D eigenvalue weighted by Crippen LogP contribution is -2.45. The molecule has 2 aromatic heterocycles. The van der Waals surface area contributed by atoms with Gasteiger partial charge >= 0.3 is 0 Å². The molecule has 0 spiro atoms. The van der Waals surface area contributed by atoms with Gasteiger partial charge in [-0.1, -0.05) is 23.4 Å². The number of carbonyl (C=O) groups is 2. The first-order valence-electron chi connectivity index (χ1n) is 12.7. The molecule has 5 heterocycles. The van der Waals surface area contributed by atoms with Crippen molar-refractivity contribution >= 4 is 11.8 Å². The minimum atomic E-state index is -0.424. The van der Waals surface area contributed by atoms with E-state index in [0.717, 1.165) is 11.3 Å². The lowest BCUT2D eigenvalue weighted by atomic mass is 10.2. The molecule has 12 nitrogen and oxygen atoms in total. The van der Waals surface area contributed by atoms with Gasteiger partial charge in [-0.25, -0.2) is 9.67 Å². The lowest BCUT2D eigenvalue weighted by molar-refractivity contribution is -0.132. The fraction of sp³-hybridized carbons (Fsp3) is 0.423. The van der Waals surface area contributed by atoms with Crippen LogP contribution in [0.3, 0.4) is 0 Å². The van der Waals surface area contributed by atoms with Crippen molar-refractivity contribution in [1.29, 1.82) is 0 Å². The van der Waals surface area contributed by atoms with Crippen molar-refractivity contribution in [3.8, 4) is 11.5 Å². The Morgan fingerprint density at radius 2 is 1.89 bits per heavy atom. The Morgan fingerprint density at radius 3 is 2.84 bits per heavy atom. The van der Waals surface area contributed by atoms with Gasteiger partial charge in [0.1, 0.15) is 24.7 Å². The number of fused-ring (bicyclic) bond motifs is 5. The molecule has 1 fully saturated rings. The van der Waals surface area contributed by atoms with Gasteiger partial charge in [0.05, 0.1) is 38.0 Å². The molecule has 0 unspecified atom stereocenters. The number of rotatable bonds is 2. The Morgan fingerprint density at radius 1 is 1.05 bits per heavy atom. The maximum atomic E-state index is 13.4. The molecule has 198 valence electrons. The average molecular weight is 520 g/mol. The zero-order chi connectivity index (χ0) is 25.9. The summed E-state index contributed by atoms with van der Waals surface area (Å²) in [7, 11) is 0. The summed E-state index contributed by atoms with van der Waals surface area (Å²) in [6, 6.07) is 10.9. The topological polar surface area (TPSA) is 124 Å². The molecule has 1 saturated heterocycles. The molecule has 2 bridgehead atoms. The van der Waals surface area contributed by atoms with Crippen LogP contribution in [0, 0.1) is 0 Å². The summed E-state index contributed by atoms with van der Waals surface area (Å²) in [4.78, 5) is 34.7. The Hall–Kier alpha value is -4.03. The molecule has 3 aliphatic rings. The number of ether oxygens (including phenoxy) is 3. The predicted molar refractivity (Wildman–Crippen MR) is 133 cm³/mol. The summed E-state index contributed by atoms with van der Waals surface area (Å²) in [6.45, 7) is 3.70. The van der Waals surface area contributed by atoms with Crippen molar-refractivity contribution in [2.75, 3.05) is 39.4 Å². The Labute approximate surface area is 219 Å². The normalized spacial score (nSPS) is 22.0. The number of pyridine rings is 1. The highest BCUT2D eigenvalue weighted by Gasteiger charge is 2.38. The van der Waals surface area contributed by atoms with Gasteiger partial charge in [-0.15, -0.1) is 5.10 Å². The molecule has 12 heteroatoms. The van der Waals surface area contributed by atoms with Crippen LogP contribution in [0.15, 0.2) is 48.8 Å². The summed E-state index contributed by atoms with van der Waals surface area (Å²) in [5, 5.41) is 11.3. The van der Waals surface area contributed by atoms with Crippen LogP contribution in [0.5, 0.6) is 11.5 Å². The first-order valence-corrected chi connectivity index (χ1v) is 12.7. The van der Waals surface area contributed by atoms with E-state index in [1.165, 1.54) is 0 Å². The predicted octanol–water partition coefficient (Wildman–Crippen LogP) is 0.486. The zero-order valence-corrected chi connectivity index (χ0v) is 20.9. The van der Waals surface area contributed by atoms with Crippen LogP contribution in [0.4, 0.5) is 0 Å². The van der Waals surface area contributed by atoms with Gasteiger partial charge in [0.2, 0.25) is 5.91 Å². The van der Waals surface area contributed by atoms with E-state index >= 15 is 0 Å². The highest BCUT2D eigenvalue weighted by atomic mass is 16.5. The number of benzene rings is 1. The third-order valence-corrected chi connectivity index (χ3v) is 6.92. The van der Waals surface area contributed by atoms with Crippen LogP contribution >= 0.6 is 0 Å². The zero-order valence-electron chi connectivity index (χ0n) is 20.9. The lowest BCUT2D eigenvalue weighted by Gasteiger charge is -2.23. The number of nitrogens with one attached hydrogen (secondary N) is 1. The van der Waals surface area contributed by atoms with E-state index in [-0.39, 0.29) is 30.7 Å². The first kappa shape index (κ1) is 24.3. The van der Waals surface area contributed by atoms with Crippen LogP contribution in [0.25, 0.3) is 0 Å². The monoisotopic (exact) mass is 519 g/mol. The van der Waals surface area contributed by atoms with Crippen molar-refractivity contribution in [2.45, 2.75) is 31.8 Å². The Bertz CT molecular complexity index is 1310. The molecule has 2 atom stereocenters. The van der Waals surface area contributed by atoms with Gasteiger partial charge in [0, 0.05) is 37.9 Å². The summed E-state index contributed by atoms with van der Waals surface area (Å²) >= 11 is 0. The number of likely N-dealkylation sites (tertiary alicyclic amines) is 1. The van der Waals surface area contributed by atoms with Crippen LogP contribution < -0.4 is 14.8 Å². The van der Waals surface area contributed by atoms with Gasteiger partial charge in [0.15, 0.2) is 11.4 Å². The second-order valence-corrected chi connectivity index (χ2v) is 9.57. The fourth-order valence-electron chi connectivity index (χ4n) is 4.96. The largest absolute Gasteiger partial charge is 0.492 e. The van der Waals surface area contributed by atoms with E-state index in [2.05, 4.69) is 25.5 Å². The average Bonchev–Trinajstić information content (AvgIpc) is 3.49. The van der Waals surface area contributed by atoms with Crippen molar-refractivity contribution in [2.24, 2.45) is 0 Å². The molecular weight excluding hydrogens is 490 g/mol. The third-order valence-electron chi connectivity index (χ3n) is 6.92. The first-order chi connectivity index (χ1) is 18.6. The van der Waals surface area contributed by atoms with Crippen LogP contribution in [0.1, 0.15) is 21.7 Å². The Balaban J connectivity index is 1.18. The second-order valence-electron chi connectivity index (χ2n) is 9.57. The van der Waals surface area contributed by atoms with Crippen molar-refractivity contribution < 1.29 is 23.8 Å². The molecule has 1 N–H and O–H groups in total. The van der Waals surface area contributed by atoms with Crippen LogP contribution in [-0.4, -0.2) is 93.1 Å². The van der Waals surface area contributed by atoms with E-state index < -0.39 is 12.1 Å². The molecule has 6 rings (SSSR count). The molecular formula is C26H29N7O5. The molecule has 0 aliphatic carbocycles. The number of hydrogen-bond donors (Lipinski definition) is 1. The molecule has 0 saturated carbocycles. The number of amides is 2. The van der Waals surface area contributed by atoms with Gasteiger partial charge in [-0.2, -0.15) is 0 Å². The number of carbonyl (C=O) groups excluding carboxylic acids is 2. The van der Waals surface area contributed by atoms with Crippen LogP contribution in [-0.2, 0) is 29.2 Å². The van der Waals surface area contributed by atoms with Crippen molar-refractivity contribution in [3.05, 3.63) is 65.7 Å². The number of nitrogens with zero attached hydrogens (tertiary/aromatic N) is 6. The molecule has 38 heavy (non-hydrogen) atoms. The highest BCUT2D eigenvalue weighted by Crippen LogP contribution is 2.23. The minimum Gasteiger partial charge on any atom is -0.492 e. The summed E-state index contributed by atoms with van der Waals surface area (Å²) < 4.78 is 19.5. The molecule has 3 aliphatic heterocycles. The van der Waals surface area contributed by atoms with E-state index in [1.807, 2.05) is 30.5 Å². The summed E-state index contributed by atoms with van der Waals surface area (Å²) in [5.41, 5.74) is 1.92. The Kier molecular flexibility index (Phi) is 6.88. The van der Waals surface area contributed by atoms with Gasteiger partial charge in [-0.3, -0.25) is 14.5 Å². The third kappa shape index (κ3) is 5.31. The van der Waals surface area contributed by atoms with E-state index in [1.54, 1.807) is 27.9 Å². The fourth-order valence-corrected chi connectivity index (χ4v) is 4.96. The highest BCUT2D eigenvalue weighted by molar-refractivity contribution is 5.95.